The van der Waals surface area contributed by atoms with Gasteiger partial charge in [-0.3, -0.25) is 0 Å². The number of aromatic nitrogens is 1. The molecule has 4 N–H and O–H groups in total. The fourth-order valence-corrected chi connectivity index (χ4v) is 3.06. The van der Waals surface area contributed by atoms with Crippen molar-refractivity contribution in [1.82, 2.24) is 4.98 Å². The minimum atomic E-state index is -2.42. The van der Waals surface area contributed by atoms with E-state index >= 15 is 0 Å². The second-order valence-corrected chi connectivity index (χ2v) is 7.30. The molecule has 0 radical (unpaired) electrons. The molecule has 0 unspecified atom stereocenters. The number of esters is 1. The Hall–Kier alpha value is -1.97. The molecule has 1 saturated heterocycles. The number of carbonyl (C=O) groups excluding carboxylic acids is 1. The van der Waals surface area contributed by atoms with E-state index in [9.17, 15) is 20.1 Å². The summed E-state index contributed by atoms with van der Waals surface area (Å²) >= 11 is 0. The molecule has 8 heteroatoms. The van der Waals surface area contributed by atoms with Gasteiger partial charge in [-0.05, 0) is 30.4 Å². The van der Waals surface area contributed by atoms with Gasteiger partial charge in [0.1, 0.15) is 18.0 Å². The number of hydrogen-bond donors (Lipinski definition) is 4. The van der Waals surface area contributed by atoms with Gasteiger partial charge >= 0.3 is 5.97 Å². The second-order valence-electron chi connectivity index (χ2n) is 7.30. The maximum absolute atomic E-state index is 12.4. The van der Waals surface area contributed by atoms with E-state index in [1.54, 1.807) is 0 Å². The molecule has 1 fully saturated rings. The van der Waals surface area contributed by atoms with Crippen molar-refractivity contribution < 1.29 is 34.7 Å². The lowest BCUT2D eigenvalue weighted by molar-refractivity contribution is -0.246. The second kappa shape index (κ2) is 7.57. The Morgan fingerprint density at radius 1 is 1.37 bits per heavy atom. The molecule has 0 aliphatic carbocycles. The summed E-state index contributed by atoms with van der Waals surface area (Å²) in [6.45, 7) is 3.31. The number of fused-ring (bicyclic) bond motifs is 1. The van der Waals surface area contributed by atoms with E-state index < -0.39 is 36.7 Å². The van der Waals surface area contributed by atoms with Crippen molar-refractivity contribution in [2.45, 2.75) is 50.8 Å². The fourth-order valence-electron chi connectivity index (χ4n) is 3.06. The summed E-state index contributed by atoms with van der Waals surface area (Å²) in [5.74, 6) is -2.65. The van der Waals surface area contributed by atoms with Gasteiger partial charge in [-0.15, -0.1) is 11.7 Å². The van der Waals surface area contributed by atoms with Crippen molar-refractivity contribution in [1.29, 1.82) is 0 Å². The highest BCUT2D eigenvalue weighted by atomic mass is 16.7. The van der Waals surface area contributed by atoms with Crippen molar-refractivity contribution in [3.05, 3.63) is 30.0 Å². The van der Waals surface area contributed by atoms with E-state index in [1.165, 1.54) is 6.20 Å². The zero-order valence-corrected chi connectivity index (χ0v) is 15.2. The van der Waals surface area contributed by atoms with Gasteiger partial charge in [0.15, 0.2) is 6.10 Å². The highest BCUT2D eigenvalue weighted by molar-refractivity contribution is 5.90. The normalized spacial score (nSPS) is 28.2. The van der Waals surface area contributed by atoms with Crippen molar-refractivity contribution in [2.75, 3.05) is 6.61 Å². The maximum Gasteiger partial charge on any atom is 0.343 e. The third-order valence-electron chi connectivity index (χ3n) is 4.75. The first kappa shape index (κ1) is 19.8. The van der Waals surface area contributed by atoms with E-state index in [-0.39, 0.29) is 5.75 Å². The molecule has 4 atom stereocenters. The largest absolute Gasteiger partial charge is 0.661 e. The highest BCUT2D eigenvalue weighted by Gasteiger charge is 2.56. The van der Waals surface area contributed by atoms with E-state index in [0.717, 1.165) is 18.4 Å². The SMILES string of the molecule is CC(C)CCc1ccc2[n-]cc(OC(=O)[C@@H]3O[C@@](O)(CO)[C@H](O)[C@H]3O)c2c1. The monoisotopic (exact) mass is 378 g/mol. The smallest absolute Gasteiger partial charge is 0.343 e. The van der Waals surface area contributed by atoms with E-state index in [0.29, 0.717) is 16.8 Å². The minimum absolute atomic E-state index is 0.200. The third-order valence-corrected chi connectivity index (χ3v) is 4.75. The van der Waals surface area contributed by atoms with Gasteiger partial charge < -0.3 is 34.9 Å². The van der Waals surface area contributed by atoms with Crippen LogP contribution < -0.4 is 9.72 Å². The Morgan fingerprint density at radius 3 is 2.74 bits per heavy atom. The first-order valence-corrected chi connectivity index (χ1v) is 8.88. The Kier molecular flexibility index (Phi) is 5.55. The molecule has 0 amide bonds. The van der Waals surface area contributed by atoms with Crippen LogP contribution in [0.5, 0.6) is 5.75 Å². The first-order chi connectivity index (χ1) is 12.7. The summed E-state index contributed by atoms with van der Waals surface area (Å²) in [5.41, 5.74) is 1.75. The van der Waals surface area contributed by atoms with Crippen LogP contribution in [0.25, 0.3) is 10.9 Å². The molecule has 1 aliphatic heterocycles. The number of aliphatic hydroxyl groups excluding tert-OH is 3. The molecule has 3 rings (SSSR count). The van der Waals surface area contributed by atoms with Crippen LogP contribution in [0.4, 0.5) is 0 Å². The van der Waals surface area contributed by atoms with Crippen molar-refractivity contribution in [3.8, 4) is 5.75 Å². The van der Waals surface area contributed by atoms with Crippen LogP contribution in [-0.2, 0) is 16.0 Å². The Bertz CT molecular complexity index is 817. The number of rotatable bonds is 6. The number of hydrogen-bond acceptors (Lipinski definition) is 7. The summed E-state index contributed by atoms with van der Waals surface area (Å²) in [5, 5.41) is 39.4. The van der Waals surface area contributed by atoms with Crippen LogP contribution in [0.2, 0.25) is 0 Å². The lowest BCUT2D eigenvalue weighted by atomic mass is 10.0. The van der Waals surface area contributed by atoms with Crippen LogP contribution in [-0.4, -0.2) is 57.1 Å². The molecule has 1 aromatic heterocycles. The zero-order chi connectivity index (χ0) is 19.8. The number of aliphatic hydroxyl groups is 4. The lowest BCUT2D eigenvalue weighted by Crippen LogP contribution is -2.46. The molecule has 27 heavy (non-hydrogen) atoms. The molecule has 0 saturated carbocycles. The molecule has 2 heterocycles. The van der Waals surface area contributed by atoms with Crippen LogP contribution in [0.1, 0.15) is 25.8 Å². The van der Waals surface area contributed by atoms with Crippen molar-refractivity contribution in [2.24, 2.45) is 5.92 Å². The molecule has 0 spiro atoms. The molecule has 1 aliphatic rings. The topological polar surface area (TPSA) is 131 Å². The molecule has 2 aromatic rings. The van der Waals surface area contributed by atoms with Gasteiger partial charge in [0.2, 0.25) is 5.79 Å². The number of nitrogens with zero attached hydrogens (tertiary/aromatic N) is 1. The highest BCUT2D eigenvalue weighted by Crippen LogP contribution is 2.32. The fraction of sp³-hybridized carbons (Fsp3) is 0.526. The predicted octanol–water partition coefficient (Wildman–Crippen LogP) is 0.0925. The number of benzene rings is 1. The third kappa shape index (κ3) is 3.85. The zero-order valence-electron chi connectivity index (χ0n) is 15.2. The van der Waals surface area contributed by atoms with Gasteiger partial charge in [-0.1, -0.05) is 26.0 Å². The number of aryl methyl sites for hydroxylation is 1. The van der Waals surface area contributed by atoms with Crippen LogP contribution in [0.15, 0.2) is 24.4 Å². The lowest BCUT2D eigenvalue weighted by Gasteiger charge is -2.22. The standard InChI is InChI=1S/C19H24NO7/c1-10(2)3-4-11-5-6-13-12(7-11)14(8-20-13)26-18(24)16-15(22)17(23)19(25,9-21)27-16/h5-8,10,15-17,21-23,25H,3-4,9H2,1-2H3/q-1/t15-,16+,17+,19-/m0/s1. The minimum Gasteiger partial charge on any atom is -0.661 e. The van der Waals surface area contributed by atoms with Crippen LogP contribution >= 0.6 is 0 Å². The first-order valence-electron chi connectivity index (χ1n) is 8.88. The molecular formula is C19H24NO7-. The molecule has 1 aromatic carbocycles. The van der Waals surface area contributed by atoms with E-state index in [2.05, 4.69) is 18.8 Å². The molecular weight excluding hydrogens is 354 g/mol. The maximum atomic E-state index is 12.4. The van der Waals surface area contributed by atoms with Gasteiger partial charge in [-0.2, -0.15) is 0 Å². The average Bonchev–Trinajstić information content (AvgIpc) is 3.14. The molecule has 0 bridgehead atoms. The molecule has 148 valence electrons. The summed E-state index contributed by atoms with van der Waals surface area (Å²) in [4.78, 5) is 16.6. The quantitative estimate of drug-likeness (QED) is 0.521. The van der Waals surface area contributed by atoms with Crippen LogP contribution in [0.3, 0.4) is 0 Å². The molecule has 8 nitrogen and oxygen atoms in total. The Balaban J connectivity index is 1.78. The number of carbonyl (C=O) groups is 1. The summed E-state index contributed by atoms with van der Waals surface area (Å²) < 4.78 is 10.2. The number of ether oxygens (including phenoxy) is 2. The van der Waals surface area contributed by atoms with Gasteiger partial charge in [-0.25, -0.2) is 4.79 Å². The predicted molar refractivity (Wildman–Crippen MR) is 95.0 cm³/mol. The van der Waals surface area contributed by atoms with Crippen molar-refractivity contribution >= 4 is 16.9 Å². The van der Waals surface area contributed by atoms with E-state index in [4.69, 9.17) is 14.6 Å². The van der Waals surface area contributed by atoms with Crippen molar-refractivity contribution in [3.63, 3.8) is 0 Å². The van der Waals surface area contributed by atoms with E-state index in [1.807, 2.05) is 18.2 Å². The van der Waals surface area contributed by atoms with Gasteiger partial charge in [0.25, 0.3) is 0 Å². The Morgan fingerprint density at radius 2 is 2.11 bits per heavy atom. The van der Waals surface area contributed by atoms with Crippen LogP contribution in [0, 0.1) is 5.92 Å². The average molecular weight is 378 g/mol. The van der Waals surface area contributed by atoms with Gasteiger partial charge in [0, 0.05) is 5.39 Å². The summed E-state index contributed by atoms with van der Waals surface area (Å²) in [6.07, 6.45) is -1.90. The Labute approximate surface area is 156 Å². The summed E-state index contributed by atoms with van der Waals surface area (Å²) in [6, 6.07) is 5.72. The summed E-state index contributed by atoms with van der Waals surface area (Å²) in [7, 11) is 0. The van der Waals surface area contributed by atoms with Gasteiger partial charge in [0.05, 0.1) is 6.61 Å².